The zero-order chi connectivity index (χ0) is 13.5. The van der Waals surface area contributed by atoms with Crippen LogP contribution in [0.3, 0.4) is 0 Å². The summed E-state index contributed by atoms with van der Waals surface area (Å²) in [4.78, 5) is 0. The van der Waals surface area contributed by atoms with E-state index in [0.29, 0.717) is 0 Å². The Kier molecular flexibility index (Phi) is 6.63. The van der Waals surface area contributed by atoms with Crippen LogP contribution in [-0.4, -0.2) is 40.7 Å². The Morgan fingerprint density at radius 2 is 1.89 bits per heavy atom. The summed E-state index contributed by atoms with van der Waals surface area (Å²) in [6.07, 6.45) is 0.463. The van der Waals surface area contributed by atoms with Crippen LogP contribution in [0.1, 0.15) is 5.56 Å². The van der Waals surface area contributed by atoms with Crippen molar-refractivity contribution in [2.24, 2.45) is 0 Å². The van der Waals surface area contributed by atoms with Crippen molar-refractivity contribution in [3.8, 4) is 5.75 Å². The third kappa shape index (κ3) is 3.95. The number of hydrogen-bond donors (Lipinski definition) is 1. The van der Waals surface area contributed by atoms with Crippen LogP contribution in [0.4, 0.5) is 0 Å². The van der Waals surface area contributed by atoms with Gasteiger partial charge in [0, 0.05) is 18.7 Å². The SMILES string of the molecule is CNC(Cc1cc(Br)ccc1OC)C(OC)OC. The molecule has 1 atom stereocenters. The van der Waals surface area contributed by atoms with Gasteiger partial charge >= 0.3 is 0 Å². The van der Waals surface area contributed by atoms with Gasteiger partial charge in [0.1, 0.15) is 5.75 Å². The predicted molar refractivity (Wildman–Crippen MR) is 75.1 cm³/mol. The molecule has 0 amide bonds. The van der Waals surface area contributed by atoms with E-state index in [0.717, 1.165) is 22.2 Å². The van der Waals surface area contributed by atoms with Crippen molar-refractivity contribution < 1.29 is 14.2 Å². The van der Waals surface area contributed by atoms with Crippen molar-refractivity contribution in [1.29, 1.82) is 0 Å². The van der Waals surface area contributed by atoms with Gasteiger partial charge in [0.25, 0.3) is 0 Å². The largest absolute Gasteiger partial charge is 0.496 e. The molecule has 0 saturated heterocycles. The molecule has 102 valence electrons. The summed E-state index contributed by atoms with van der Waals surface area (Å²) in [5, 5.41) is 3.20. The average Bonchev–Trinajstić information content (AvgIpc) is 2.39. The van der Waals surface area contributed by atoms with Crippen LogP contribution in [0.25, 0.3) is 0 Å². The second-order valence-electron chi connectivity index (χ2n) is 3.90. The molecule has 4 nitrogen and oxygen atoms in total. The van der Waals surface area contributed by atoms with Crippen molar-refractivity contribution in [3.63, 3.8) is 0 Å². The molecular weight excluding hydrogens is 298 g/mol. The molecule has 0 fully saturated rings. The van der Waals surface area contributed by atoms with E-state index in [1.54, 1.807) is 21.3 Å². The van der Waals surface area contributed by atoms with E-state index in [2.05, 4.69) is 21.2 Å². The van der Waals surface area contributed by atoms with Crippen LogP contribution < -0.4 is 10.1 Å². The standard InChI is InChI=1S/C13H20BrNO3/c1-15-11(13(17-3)18-4)8-9-7-10(14)5-6-12(9)16-2/h5-7,11,13,15H,8H2,1-4H3. The molecule has 0 aliphatic heterocycles. The fourth-order valence-electron chi connectivity index (χ4n) is 1.90. The van der Waals surface area contributed by atoms with Gasteiger partial charge < -0.3 is 19.5 Å². The Morgan fingerprint density at radius 3 is 2.39 bits per heavy atom. The number of ether oxygens (including phenoxy) is 3. The van der Waals surface area contributed by atoms with Gasteiger partial charge in [-0.2, -0.15) is 0 Å². The van der Waals surface area contributed by atoms with Gasteiger partial charge in [-0.1, -0.05) is 15.9 Å². The number of likely N-dealkylation sites (N-methyl/N-ethyl adjacent to an activating group) is 1. The number of nitrogens with one attached hydrogen (secondary N) is 1. The lowest BCUT2D eigenvalue weighted by atomic mass is 10.0. The van der Waals surface area contributed by atoms with Gasteiger partial charge in [0.05, 0.1) is 13.2 Å². The van der Waals surface area contributed by atoms with Gasteiger partial charge in [0.2, 0.25) is 0 Å². The number of rotatable bonds is 7. The number of hydrogen-bond acceptors (Lipinski definition) is 4. The van der Waals surface area contributed by atoms with Crippen molar-refractivity contribution in [3.05, 3.63) is 28.2 Å². The van der Waals surface area contributed by atoms with Crippen molar-refractivity contribution >= 4 is 15.9 Å². The fraction of sp³-hybridized carbons (Fsp3) is 0.538. The van der Waals surface area contributed by atoms with E-state index in [9.17, 15) is 0 Å². The molecule has 5 heteroatoms. The summed E-state index contributed by atoms with van der Waals surface area (Å²) in [5.41, 5.74) is 1.10. The first-order chi connectivity index (χ1) is 8.65. The monoisotopic (exact) mass is 317 g/mol. The van der Waals surface area contributed by atoms with Crippen LogP contribution in [0, 0.1) is 0 Å². The number of methoxy groups -OCH3 is 3. The predicted octanol–water partition coefficient (Wildman–Crippen LogP) is 2.21. The molecule has 0 heterocycles. The van der Waals surface area contributed by atoms with Crippen molar-refractivity contribution in [2.45, 2.75) is 18.8 Å². The molecule has 18 heavy (non-hydrogen) atoms. The van der Waals surface area contributed by atoms with Crippen LogP contribution in [-0.2, 0) is 15.9 Å². The number of benzene rings is 1. The molecule has 0 bridgehead atoms. The minimum Gasteiger partial charge on any atom is -0.496 e. The summed E-state index contributed by atoms with van der Waals surface area (Å²) in [6.45, 7) is 0. The minimum atomic E-state index is -0.293. The maximum absolute atomic E-state index is 5.36. The van der Waals surface area contributed by atoms with E-state index < -0.39 is 0 Å². The van der Waals surface area contributed by atoms with Crippen molar-refractivity contribution in [1.82, 2.24) is 5.32 Å². The quantitative estimate of drug-likeness (QED) is 0.783. The number of halogens is 1. The molecule has 1 unspecified atom stereocenters. The lowest BCUT2D eigenvalue weighted by Crippen LogP contribution is -2.41. The van der Waals surface area contributed by atoms with Gasteiger partial charge in [-0.25, -0.2) is 0 Å². The smallest absolute Gasteiger partial charge is 0.172 e. The van der Waals surface area contributed by atoms with Crippen LogP contribution >= 0.6 is 15.9 Å². The molecule has 1 N–H and O–H groups in total. The third-order valence-electron chi connectivity index (χ3n) is 2.85. The van der Waals surface area contributed by atoms with E-state index >= 15 is 0 Å². The highest BCUT2D eigenvalue weighted by Crippen LogP contribution is 2.25. The highest BCUT2D eigenvalue weighted by molar-refractivity contribution is 9.10. The van der Waals surface area contributed by atoms with Gasteiger partial charge in [-0.15, -0.1) is 0 Å². The minimum absolute atomic E-state index is 0.0585. The van der Waals surface area contributed by atoms with E-state index in [4.69, 9.17) is 14.2 Å². The molecule has 0 radical (unpaired) electrons. The van der Waals surface area contributed by atoms with Gasteiger partial charge in [-0.3, -0.25) is 0 Å². The molecule has 0 saturated carbocycles. The highest BCUT2D eigenvalue weighted by atomic mass is 79.9. The topological polar surface area (TPSA) is 39.7 Å². The first-order valence-corrected chi connectivity index (χ1v) is 6.50. The van der Waals surface area contributed by atoms with E-state index in [-0.39, 0.29) is 12.3 Å². The second kappa shape index (κ2) is 7.74. The second-order valence-corrected chi connectivity index (χ2v) is 4.81. The van der Waals surface area contributed by atoms with Gasteiger partial charge in [0.15, 0.2) is 6.29 Å². The summed E-state index contributed by atoms with van der Waals surface area (Å²) in [7, 11) is 6.83. The Labute approximate surface area is 117 Å². The Hall–Kier alpha value is -0.620. The fourth-order valence-corrected chi connectivity index (χ4v) is 2.31. The molecule has 0 aliphatic rings. The van der Waals surface area contributed by atoms with E-state index in [1.165, 1.54) is 0 Å². The summed E-state index contributed by atoms with van der Waals surface area (Å²) >= 11 is 3.47. The maximum Gasteiger partial charge on any atom is 0.172 e. The highest BCUT2D eigenvalue weighted by Gasteiger charge is 2.21. The third-order valence-corrected chi connectivity index (χ3v) is 3.34. The normalized spacial score (nSPS) is 12.8. The lowest BCUT2D eigenvalue weighted by molar-refractivity contribution is -0.121. The van der Waals surface area contributed by atoms with Crippen LogP contribution in [0.2, 0.25) is 0 Å². The molecule has 1 aromatic rings. The molecule has 1 aromatic carbocycles. The van der Waals surface area contributed by atoms with Gasteiger partial charge in [-0.05, 0) is 37.2 Å². The van der Waals surface area contributed by atoms with Crippen LogP contribution in [0.5, 0.6) is 5.75 Å². The molecule has 0 aliphatic carbocycles. The zero-order valence-electron chi connectivity index (χ0n) is 11.2. The van der Waals surface area contributed by atoms with Crippen LogP contribution in [0.15, 0.2) is 22.7 Å². The Bertz CT molecular complexity index is 369. The zero-order valence-corrected chi connectivity index (χ0v) is 12.8. The van der Waals surface area contributed by atoms with E-state index in [1.807, 2.05) is 25.2 Å². The Morgan fingerprint density at radius 1 is 1.22 bits per heavy atom. The summed E-state index contributed by atoms with van der Waals surface area (Å²) < 4.78 is 17.0. The molecular formula is C13H20BrNO3. The van der Waals surface area contributed by atoms with Crippen molar-refractivity contribution in [2.75, 3.05) is 28.4 Å². The first kappa shape index (κ1) is 15.4. The lowest BCUT2D eigenvalue weighted by Gasteiger charge is -2.25. The summed E-state index contributed by atoms with van der Waals surface area (Å²) in [6, 6.07) is 6.01. The average molecular weight is 318 g/mol. The molecule has 0 aromatic heterocycles. The maximum atomic E-state index is 5.36. The molecule has 0 spiro atoms. The first-order valence-electron chi connectivity index (χ1n) is 5.71. The molecule has 1 rings (SSSR count). The Balaban J connectivity index is 2.89. The summed E-state index contributed by atoms with van der Waals surface area (Å²) in [5.74, 6) is 0.865.